The van der Waals surface area contributed by atoms with Crippen LogP contribution >= 0.6 is 0 Å². The highest BCUT2D eigenvalue weighted by atomic mass is 15.0. The Morgan fingerprint density at radius 1 is 1.29 bits per heavy atom. The van der Waals surface area contributed by atoms with Gasteiger partial charge in [0.05, 0.1) is 0 Å². The number of hydrogen-bond acceptors (Lipinski definition) is 1. The average Bonchev–Trinajstić information content (AvgIpc) is 2.19. The summed E-state index contributed by atoms with van der Waals surface area (Å²) in [5.74, 6) is 0.882. The van der Waals surface area contributed by atoms with Crippen molar-refractivity contribution in [2.75, 3.05) is 13.1 Å². The molecule has 74 valence electrons. The van der Waals surface area contributed by atoms with Crippen LogP contribution in [0.5, 0.6) is 0 Å². The molecule has 0 bridgehead atoms. The minimum Gasteiger partial charge on any atom is -0.341 e. The monoisotopic (exact) mass is 187 g/mol. The van der Waals surface area contributed by atoms with Crippen LogP contribution in [0.1, 0.15) is 19.8 Å². The van der Waals surface area contributed by atoms with Crippen LogP contribution < -0.4 is 5.46 Å². The van der Waals surface area contributed by atoms with Crippen molar-refractivity contribution in [1.29, 1.82) is 0 Å². The van der Waals surface area contributed by atoms with Crippen molar-refractivity contribution in [3.63, 3.8) is 0 Å². The molecule has 0 aliphatic carbocycles. The second kappa shape index (κ2) is 4.65. The van der Waals surface area contributed by atoms with Crippen molar-refractivity contribution in [2.45, 2.75) is 19.8 Å². The van der Waals surface area contributed by atoms with Gasteiger partial charge in [-0.25, -0.2) is 0 Å². The Labute approximate surface area is 87.4 Å². The first kappa shape index (κ1) is 9.79. The predicted molar refractivity (Wildman–Crippen MR) is 63.2 cm³/mol. The first-order valence-electron chi connectivity index (χ1n) is 5.61. The second-order valence-electron chi connectivity index (χ2n) is 4.47. The van der Waals surface area contributed by atoms with Crippen LogP contribution in [0, 0.1) is 5.92 Å². The summed E-state index contributed by atoms with van der Waals surface area (Å²) >= 11 is 0. The Morgan fingerprint density at radius 2 is 2.07 bits per heavy atom. The van der Waals surface area contributed by atoms with Crippen LogP contribution in [-0.2, 0) is 0 Å². The van der Waals surface area contributed by atoms with Crippen molar-refractivity contribution in [1.82, 2.24) is 4.81 Å². The van der Waals surface area contributed by atoms with Gasteiger partial charge in [-0.05, 0) is 31.8 Å². The fourth-order valence-corrected chi connectivity index (χ4v) is 2.27. The van der Waals surface area contributed by atoms with Gasteiger partial charge in [0.1, 0.15) is 0 Å². The molecule has 0 spiro atoms. The molecule has 1 aromatic carbocycles. The van der Waals surface area contributed by atoms with E-state index in [0.29, 0.717) is 0 Å². The highest BCUT2D eigenvalue weighted by Gasteiger charge is 2.16. The lowest BCUT2D eigenvalue weighted by molar-refractivity contribution is 0.289. The van der Waals surface area contributed by atoms with Gasteiger partial charge in [0.15, 0.2) is 0 Å². The number of hydrogen-bond donors (Lipinski definition) is 0. The Bertz CT molecular complexity index is 273. The first-order chi connectivity index (χ1) is 6.84. The Morgan fingerprint density at radius 3 is 2.79 bits per heavy atom. The lowest BCUT2D eigenvalue weighted by Gasteiger charge is -2.30. The molecular weight excluding hydrogens is 169 g/mol. The molecule has 1 aliphatic heterocycles. The molecular formula is C12H18BN. The molecule has 0 saturated carbocycles. The van der Waals surface area contributed by atoms with Crippen molar-refractivity contribution in [3.8, 4) is 0 Å². The van der Waals surface area contributed by atoms with Gasteiger partial charge in [-0.2, -0.15) is 0 Å². The third-order valence-corrected chi connectivity index (χ3v) is 2.99. The van der Waals surface area contributed by atoms with Crippen molar-refractivity contribution in [3.05, 3.63) is 30.3 Å². The standard InChI is InChI=1S/C12H18BN/c1-11-6-5-9-14(10-11)13-12-7-3-2-4-8-12/h2-4,7-8,11,13H,5-6,9-10H2,1H3. The van der Waals surface area contributed by atoms with Gasteiger partial charge in [0, 0.05) is 0 Å². The summed E-state index contributed by atoms with van der Waals surface area (Å²) in [4.78, 5) is 2.57. The molecule has 1 atom stereocenters. The Balaban J connectivity index is 1.91. The zero-order valence-corrected chi connectivity index (χ0v) is 8.95. The van der Waals surface area contributed by atoms with E-state index in [1.165, 1.54) is 31.4 Å². The highest BCUT2D eigenvalue weighted by molar-refractivity contribution is 6.50. The van der Waals surface area contributed by atoms with Crippen molar-refractivity contribution in [2.24, 2.45) is 5.92 Å². The maximum atomic E-state index is 2.57. The maximum absolute atomic E-state index is 2.57. The minimum absolute atomic E-state index is 0.882. The van der Waals surface area contributed by atoms with E-state index >= 15 is 0 Å². The quantitative estimate of drug-likeness (QED) is 0.632. The second-order valence-corrected chi connectivity index (χ2v) is 4.47. The number of nitrogens with zero attached hydrogens (tertiary/aromatic N) is 1. The molecule has 1 fully saturated rings. The number of benzene rings is 1. The predicted octanol–water partition coefficient (Wildman–Crippen LogP) is 1.40. The zero-order valence-electron chi connectivity index (χ0n) is 8.95. The minimum atomic E-state index is 0.882. The number of piperidine rings is 1. The van der Waals surface area contributed by atoms with Crippen LogP contribution in [0.3, 0.4) is 0 Å². The third kappa shape index (κ3) is 2.61. The molecule has 14 heavy (non-hydrogen) atoms. The molecule has 1 aliphatic rings. The SMILES string of the molecule is CC1CCCN(Bc2ccccc2)C1. The summed E-state index contributed by atoms with van der Waals surface area (Å²) in [5.41, 5.74) is 1.45. The van der Waals surface area contributed by atoms with E-state index in [0.717, 1.165) is 13.3 Å². The van der Waals surface area contributed by atoms with Crippen LogP contribution in [0.2, 0.25) is 0 Å². The summed E-state index contributed by atoms with van der Waals surface area (Å²) in [5, 5.41) is 0. The van der Waals surface area contributed by atoms with E-state index in [9.17, 15) is 0 Å². The molecule has 0 N–H and O–H groups in total. The molecule has 1 aromatic rings. The zero-order chi connectivity index (χ0) is 9.80. The molecule has 1 saturated heterocycles. The molecule has 1 heterocycles. The molecule has 2 heteroatoms. The van der Waals surface area contributed by atoms with Gasteiger partial charge in [-0.15, -0.1) is 0 Å². The van der Waals surface area contributed by atoms with Crippen LogP contribution in [0.15, 0.2) is 30.3 Å². The highest BCUT2D eigenvalue weighted by Crippen LogP contribution is 2.13. The molecule has 0 aromatic heterocycles. The van der Waals surface area contributed by atoms with E-state index in [-0.39, 0.29) is 0 Å². The molecule has 0 amide bonds. The summed E-state index contributed by atoms with van der Waals surface area (Å²) in [6, 6.07) is 10.8. The van der Waals surface area contributed by atoms with Gasteiger partial charge in [0.25, 0.3) is 0 Å². The van der Waals surface area contributed by atoms with Gasteiger partial charge < -0.3 is 4.81 Å². The van der Waals surface area contributed by atoms with Crippen molar-refractivity contribution >= 4 is 12.9 Å². The van der Waals surface area contributed by atoms with E-state index in [1.54, 1.807) is 0 Å². The molecule has 0 radical (unpaired) electrons. The Kier molecular flexibility index (Phi) is 3.25. The van der Waals surface area contributed by atoms with Crippen molar-refractivity contribution < 1.29 is 0 Å². The maximum Gasteiger partial charge on any atom is 0.238 e. The van der Waals surface area contributed by atoms with E-state index in [4.69, 9.17) is 0 Å². The Hall–Kier alpha value is -0.755. The lowest BCUT2D eigenvalue weighted by atomic mass is 9.78. The van der Waals surface area contributed by atoms with Crippen LogP contribution in [-0.4, -0.2) is 25.3 Å². The van der Waals surface area contributed by atoms with Crippen LogP contribution in [0.25, 0.3) is 0 Å². The summed E-state index contributed by atoms with van der Waals surface area (Å²) in [6.45, 7) is 4.91. The van der Waals surface area contributed by atoms with Gasteiger partial charge >= 0.3 is 0 Å². The van der Waals surface area contributed by atoms with Gasteiger partial charge in [-0.3, -0.25) is 0 Å². The van der Waals surface area contributed by atoms with E-state index in [2.05, 4.69) is 42.1 Å². The average molecular weight is 187 g/mol. The smallest absolute Gasteiger partial charge is 0.238 e. The largest absolute Gasteiger partial charge is 0.341 e. The normalized spacial score (nSPS) is 23.4. The molecule has 1 nitrogen and oxygen atoms in total. The van der Waals surface area contributed by atoms with E-state index in [1.807, 2.05) is 0 Å². The summed E-state index contributed by atoms with van der Waals surface area (Å²) in [6.07, 6.45) is 2.78. The topological polar surface area (TPSA) is 3.24 Å². The van der Waals surface area contributed by atoms with E-state index < -0.39 is 0 Å². The third-order valence-electron chi connectivity index (χ3n) is 2.99. The first-order valence-corrected chi connectivity index (χ1v) is 5.61. The number of rotatable bonds is 2. The fraction of sp³-hybridized carbons (Fsp3) is 0.500. The van der Waals surface area contributed by atoms with Gasteiger partial charge in [0.2, 0.25) is 7.41 Å². The molecule has 1 unspecified atom stereocenters. The van der Waals surface area contributed by atoms with Crippen LogP contribution in [0.4, 0.5) is 0 Å². The lowest BCUT2D eigenvalue weighted by Crippen LogP contribution is -2.42. The van der Waals surface area contributed by atoms with Gasteiger partial charge in [-0.1, -0.05) is 42.7 Å². The summed E-state index contributed by atoms with van der Waals surface area (Å²) < 4.78 is 0. The summed E-state index contributed by atoms with van der Waals surface area (Å²) in [7, 11) is 1.13. The fourth-order valence-electron chi connectivity index (χ4n) is 2.27. The molecule has 2 rings (SSSR count).